The third kappa shape index (κ3) is 5.46. The van der Waals surface area contributed by atoms with E-state index in [1.54, 1.807) is 48.5 Å². The summed E-state index contributed by atoms with van der Waals surface area (Å²) < 4.78 is 6.10. The molecule has 0 radical (unpaired) electrons. The number of Topliss-reactive ketones (excluding diaryl/α,β-unsaturated/α-hetero) is 1. The Bertz CT molecular complexity index is 1840. The first-order valence-electron chi connectivity index (χ1n) is 14.6. The number of aryl methyl sites for hydroxylation is 2. The van der Waals surface area contributed by atoms with Gasteiger partial charge in [0, 0.05) is 21.0 Å². The van der Waals surface area contributed by atoms with Gasteiger partial charge in [-0.05, 0) is 84.8 Å². The lowest BCUT2D eigenvalue weighted by Gasteiger charge is -2.25. The second-order valence-corrected chi connectivity index (χ2v) is 13.0. The topological polar surface area (TPSA) is 93.6 Å². The van der Waals surface area contributed by atoms with Gasteiger partial charge in [0.15, 0.2) is 12.4 Å². The molecular weight excluding hydrogens is 644 g/mol. The number of imide groups is 1. The number of aromatic nitrogens is 1. The number of benzene rings is 3. The fourth-order valence-corrected chi connectivity index (χ4v) is 6.90. The first-order valence-corrected chi connectivity index (χ1v) is 15.7. The number of hydrogen-bond acceptors (Lipinski definition) is 6. The summed E-state index contributed by atoms with van der Waals surface area (Å²) in [5.74, 6) is -1.34. The first kappa shape index (κ1) is 30.2. The van der Waals surface area contributed by atoms with Gasteiger partial charge in [-0.15, -0.1) is 0 Å². The van der Waals surface area contributed by atoms with E-state index in [9.17, 15) is 19.2 Å². The Morgan fingerprint density at radius 1 is 0.977 bits per heavy atom. The van der Waals surface area contributed by atoms with Gasteiger partial charge in [0.05, 0.1) is 39.3 Å². The van der Waals surface area contributed by atoms with Gasteiger partial charge in [-0.2, -0.15) is 0 Å². The van der Waals surface area contributed by atoms with E-state index in [1.165, 1.54) is 4.90 Å². The van der Waals surface area contributed by atoms with Crippen molar-refractivity contribution < 1.29 is 23.9 Å². The fraction of sp³-hybridized carbons (Fsp3) is 0.286. The molecule has 44 heavy (non-hydrogen) atoms. The van der Waals surface area contributed by atoms with Gasteiger partial charge in [0.1, 0.15) is 0 Å². The molecule has 3 unspecified atom stereocenters. The van der Waals surface area contributed by atoms with Crippen LogP contribution in [0.3, 0.4) is 0 Å². The van der Waals surface area contributed by atoms with Gasteiger partial charge in [-0.1, -0.05) is 60.5 Å². The Morgan fingerprint density at radius 3 is 2.36 bits per heavy atom. The molecule has 6 rings (SSSR count). The Hall–Kier alpha value is -3.88. The number of halogens is 2. The number of rotatable bonds is 6. The molecule has 1 aliphatic carbocycles. The summed E-state index contributed by atoms with van der Waals surface area (Å²) in [5.41, 5.74) is 4.56. The summed E-state index contributed by atoms with van der Waals surface area (Å²) in [4.78, 5) is 58.7. The number of hydrogen-bond donors (Lipinski definition) is 0. The molecule has 3 aromatic carbocycles. The number of ether oxygens (including phenoxy) is 1. The van der Waals surface area contributed by atoms with E-state index in [0.717, 1.165) is 24.8 Å². The highest BCUT2D eigenvalue weighted by molar-refractivity contribution is 9.10. The SMILES string of the molecule is Cc1ccc(C(=O)COC(=O)c2cc(-c3ccc(N4C(=O)C5CCC(C)CC5C4=O)cc3)nc3c(C)c(Cl)c(Br)cc23)cc1. The molecule has 0 N–H and O–H groups in total. The van der Waals surface area contributed by atoms with E-state index in [2.05, 4.69) is 22.9 Å². The van der Waals surface area contributed by atoms with Crippen LogP contribution in [-0.2, 0) is 14.3 Å². The van der Waals surface area contributed by atoms with Gasteiger partial charge in [0.2, 0.25) is 11.8 Å². The highest BCUT2D eigenvalue weighted by atomic mass is 79.9. The van der Waals surface area contributed by atoms with Crippen molar-refractivity contribution in [1.29, 1.82) is 0 Å². The summed E-state index contributed by atoms with van der Waals surface area (Å²) >= 11 is 10.00. The molecule has 7 nitrogen and oxygen atoms in total. The zero-order chi connectivity index (χ0) is 31.3. The molecule has 2 heterocycles. The van der Waals surface area contributed by atoms with Crippen LogP contribution < -0.4 is 4.90 Å². The van der Waals surface area contributed by atoms with Gasteiger partial charge >= 0.3 is 5.97 Å². The quantitative estimate of drug-likeness (QED) is 0.117. The molecule has 1 saturated carbocycles. The second-order valence-electron chi connectivity index (χ2n) is 11.8. The van der Waals surface area contributed by atoms with Crippen LogP contribution in [-0.4, -0.2) is 35.2 Å². The highest BCUT2D eigenvalue weighted by Gasteiger charge is 2.49. The van der Waals surface area contributed by atoms with E-state index in [-0.39, 0.29) is 35.0 Å². The molecule has 224 valence electrons. The maximum atomic E-state index is 13.5. The molecule has 9 heteroatoms. The van der Waals surface area contributed by atoms with Crippen molar-refractivity contribution >= 4 is 67.7 Å². The summed E-state index contributed by atoms with van der Waals surface area (Å²) in [6.07, 6.45) is 2.42. The van der Waals surface area contributed by atoms with Crippen LogP contribution >= 0.6 is 27.5 Å². The third-order valence-corrected chi connectivity index (χ3v) is 10.1. The number of nitrogens with zero attached hydrogens (tertiary/aromatic N) is 2. The van der Waals surface area contributed by atoms with Gasteiger partial charge in [-0.3, -0.25) is 19.3 Å². The van der Waals surface area contributed by atoms with Gasteiger partial charge in [0.25, 0.3) is 0 Å². The number of esters is 1. The van der Waals surface area contributed by atoms with Crippen molar-refractivity contribution in [2.24, 2.45) is 17.8 Å². The van der Waals surface area contributed by atoms with Crippen LogP contribution in [0, 0.1) is 31.6 Å². The predicted octanol–water partition coefficient (Wildman–Crippen LogP) is 7.90. The van der Waals surface area contributed by atoms with Crippen molar-refractivity contribution in [1.82, 2.24) is 4.98 Å². The average molecular weight is 674 g/mol. The summed E-state index contributed by atoms with van der Waals surface area (Å²) in [6, 6.07) is 17.4. The molecule has 1 aromatic heterocycles. The Morgan fingerprint density at radius 2 is 1.66 bits per heavy atom. The van der Waals surface area contributed by atoms with Crippen molar-refractivity contribution in [2.75, 3.05) is 11.5 Å². The monoisotopic (exact) mass is 672 g/mol. The number of carbonyl (C=O) groups is 4. The lowest BCUT2D eigenvalue weighted by atomic mass is 9.76. The Labute approximate surface area is 268 Å². The summed E-state index contributed by atoms with van der Waals surface area (Å²) in [5, 5.41) is 0.991. The fourth-order valence-electron chi connectivity index (χ4n) is 6.23. The Balaban J connectivity index is 1.32. The number of ketones is 1. The normalized spacial score (nSPS) is 19.8. The van der Waals surface area contributed by atoms with E-state index < -0.39 is 12.6 Å². The molecule has 0 bridgehead atoms. The maximum absolute atomic E-state index is 13.5. The Kier molecular flexibility index (Phi) is 8.16. The summed E-state index contributed by atoms with van der Waals surface area (Å²) in [7, 11) is 0. The smallest absolute Gasteiger partial charge is 0.339 e. The lowest BCUT2D eigenvalue weighted by Crippen LogP contribution is -2.30. The molecular formula is C35H30BrClN2O5. The zero-order valence-electron chi connectivity index (χ0n) is 24.5. The molecule has 1 saturated heterocycles. The highest BCUT2D eigenvalue weighted by Crippen LogP contribution is 2.42. The van der Waals surface area contributed by atoms with Crippen LogP contribution in [0.15, 0.2) is 65.1 Å². The second kappa shape index (κ2) is 11.9. The van der Waals surface area contributed by atoms with Crippen molar-refractivity contribution in [2.45, 2.75) is 40.0 Å². The standard InChI is InChI=1S/C35H30BrClN2O5/c1-18-4-7-22(8-5-18)30(40)17-44-35(43)27-16-29(38-32-20(3)31(37)28(36)15-25(27)32)21-9-11-23(12-10-21)39-33(41)24-13-6-19(2)14-26(24)34(39)42/h4-5,7-12,15-16,19,24,26H,6,13-14,17H2,1-3H3. The van der Waals surface area contributed by atoms with Crippen LogP contribution in [0.5, 0.6) is 0 Å². The predicted molar refractivity (Wildman–Crippen MR) is 173 cm³/mol. The lowest BCUT2D eigenvalue weighted by molar-refractivity contribution is -0.122. The average Bonchev–Trinajstić information content (AvgIpc) is 3.26. The molecule has 0 spiro atoms. The molecule has 2 fully saturated rings. The number of pyridine rings is 1. The van der Waals surface area contributed by atoms with Crippen molar-refractivity contribution in [3.8, 4) is 11.3 Å². The molecule has 4 aromatic rings. The van der Waals surface area contributed by atoms with Crippen LogP contribution in [0.1, 0.15) is 58.0 Å². The minimum Gasteiger partial charge on any atom is -0.454 e. The van der Waals surface area contributed by atoms with E-state index >= 15 is 0 Å². The molecule has 2 aliphatic rings. The molecule has 2 amide bonds. The molecule has 1 aliphatic heterocycles. The zero-order valence-corrected chi connectivity index (χ0v) is 26.9. The minimum absolute atomic E-state index is 0.135. The number of fused-ring (bicyclic) bond motifs is 2. The number of anilines is 1. The molecule has 3 atom stereocenters. The number of carbonyl (C=O) groups excluding carboxylic acids is 4. The van der Waals surface area contributed by atoms with Crippen LogP contribution in [0.25, 0.3) is 22.2 Å². The maximum Gasteiger partial charge on any atom is 0.339 e. The third-order valence-electron chi connectivity index (χ3n) is 8.76. The van der Waals surface area contributed by atoms with Gasteiger partial charge in [-0.25, -0.2) is 9.78 Å². The first-order chi connectivity index (χ1) is 21.0. The van der Waals surface area contributed by atoms with E-state index in [0.29, 0.717) is 54.4 Å². The summed E-state index contributed by atoms with van der Waals surface area (Å²) in [6.45, 7) is 5.46. The van der Waals surface area contributed by atoms with Crippen molar-refractivity contribution in [3.05, 3.63) is 92.4 Å². The van der Waals surface area contributed by atoms with Gasteiger partial charge < -0.3 is 4.74 Å². The van der Waals surface area contributed by atoms with Crippen LogP contribution in [0.4, 0.5) is 5.69 Å². The number of amides is 2. The van der Waals surface area contributed by atoms with E-state index in [4.69, 9.17) is 21.3 Å². The van der Waals surface area contributed by atoms with Crippen molar-refractivity contribution in [3.63, 3.8) is 0 Å². The van der Waals surface area contributed by atoms with E-state index in [1.807, 2.05) is 26.0 Å². The van der Waals surface area contributed by atoms with Crippen LogP contribution in [0.2, 0.25) is 5.02 Å². The largest absolute Gasteiger partial charge is 0.454 e. The minimum atomic E-state index is -0.672.